The van der Waals surface area contributed by atoms with E-state index in [0.29, 0.717) is 9.80 Å². The van der Waals surface area contributed by atoms with Gasteiger partial charge in [0.05, 0.1) is 0 Å². The summed E-state index contributed by atoms with van der Waals surface area (Å²) in [6.45, 7) is 4.24. The van der Waals surface area contributed by atoms with Gasteiger partial charge in [-0.2, -0.15) is 25.3 Å². The lowest BCUT2D eigenvalue weighted by Crippen LogP contribution is -2.50. The van der Waals surface area contributed by atoms with Crippen molar-refractivity contribution < 1.29 is 38.5 Å². The zero-order valence-corrected chi connectivity index (χ0v) is 16.4. The fourth-order valence-corrected chi connectivity index (χ4v) is 2.66. The van der Waals surface area contributed by atoms with Crippen LogP contribution in [-0.4, -0.2) is 69.0 Å². The summed E-state index contributed by atoms with van der Waals surface area (Å²) >= 11 is 7.75. The molecule has 0 aromatic heterocycles. The third kappa shape index (κ3) is 6.33. The molecule has 10 nitrogen and oxygen atoms in total. The SMILES string of the molecule is CC(=O)N(C(C)=O)[C@@H](CS)C(=O)OOC(=O)[C@H](CS)N(C(C)=O)C(C)=O. The molecule has 0 N–H and O–H groups in total. The maximum absolute atomic E-state index is 12.0. The first-order chi connectivity index (χ1) is 12.0. The van der Waals surface area contributed by atoms with Gasteiger partial charge in [0.2, 0.25) is 23.6 Å². The second-order valence-corrected chi connectivity index (χ2v) is 5.75. The van der Waals surface area contributed by atoms with Gasteiger partial charge in [0.25, 0.3) is 0 Å². The van der Waals surface area contributed by atoms with Crippen LogP contribution in [0.5, 0.6) is 0 Å². The van der Waals surface area contributed by atoms with Crippen molar-refractivity contribution in [3.05, 3.63) is 0 Å². The van der Waals surface area contributed by atoms with Gasteiger partial charge in [0.1, 0.15) is 0 Å². The minimum Gasteiger partial charge on any atom is -0.275 e. The van der Waals surface area contributed by atoms with Crippen LogP contribution in [0.3, 0.4) is 0 Å². The second-order valence-electron chi connectivity index (χ2n) is 5.02. The zero-order chi connectivity index (χ0) is 20.6. The summed E-state index contributed by atoms with van der Waals surface area (Å²) in [6.07, 6.45) is 0. The molecule has 4 amide bonds. The smallest absolute Gasteiger partial charge is 0.275 e. The lowest BCUT2D eigenvalue weighted by atomic mass is 10.2. The van der Waals surface area contributed by atoms with Gasteiger partial charge in [-0.3, -0.25) is 29.0 Å². The van der Waals surface area contributed by atoms with Crippen LogP contribution in [0.2, 0.25) is 0 Å². The van der Waals surface area contributed by atoms with Crippen LogP contribution in [0.25, 0.3) is 0 Å². The first-order valence-electron chi connectivity index (χ1n) is 7.24. The van der Waals surface area contributed by atoms with Crippen molar-refractivity contribution in [1.82, 2.24) is 9.80 Å². The van der Waals surface area contributed by atoms with Gasteiger partial charge in [-0.15, -0.1) is 0 Å². The highest BCUT2D eigenvalue weighted by Gasteiger charge is 2.36. The molecule has 0 aliphatic carbocycles. The summed E-state index contributed by atoms with van der Waals surface area (Å²) in [5.41, 5.74) is 0. The molecule has 0 heterocycles. The second kappa shape index (κ2) is 10.8. The Morgan fingerprint density at radius 2 is 0.885 bits per heavy atom. The highest BCUT2D eigenvalue weighted by Crippen LogP contribution is 2.10. The fourth-order valence-electron chi connectivity index (χ4n) is 2.04. The molecule has 0 aliphatic rings. The standard InChI is InChI=1S/C14H20N2O8S2/c1-7(17)15(8(2)18)11(5-25)13(21)23-24-14(22)12(6-26)16(9(3)19)10(4)20/h11-12,25-26H,5-6H2,1-4H3/t11-,12-/m0/s1. The van der Waals surface area contributed by atoms with E-state index in [2.05, 4.69) is 35.0 Å². The highest BCUT2D eigenvalue weighted by atomic mass is 32.1. The molecule has 0 saturated heterocycles. The number of rotatable bonds is 6. The lowest BCUT2D eigenvalue weighted by Gasteiger charge is -2.26. The topological polar surface area (TPSA) is 127 Å². The Balaban J connectivity index is 5.19. The molecule has 0 bridgehead atoms. The van der Waals surface area contributed by atoms with Crippen LogP contribution < -0.4 is 0 Å². The third-order valence-corrected chi connectivity index (χ3v) is 3.77. The van der Waals surface area contributed by atoms with E-state index >= 15 is 0 Å². The van der Waals surface area contributed by atoms with Gasteiger partial charge in [-0.05, 0) is 0 Å². The first-order valence-corrected chi connectivity index (χ1v) is 8.50. The molecule has 0 aliphatic heterocycles. The lowest BCUT2D eigenvalue weighted by molar-refractivity contribution is -0.264. The Kier molecular flexibility index (Phi) is 9.94. The number of imide groups is 2. The van der Waals surface area contributed by atoms with Gasteiger partial charge < -0.3 is 0 Å². The number of nitrogens with zero attached hydrogens (tertiary/aromatic N) is 2. The molecule has 0 rings (SSSR count). The molecular weight excluding hydrogens is 388 g/mol. The van der Waals surface area contributed by atoms with Crippen LogP contribution in [0.4, 0.5) is 0 Å². The Bertz CT molecular complexity index is 530. The van der Waals surface area contributed by atoms with Crippen molar-refractivity contribution >= 4 is 60.8 Å². The maximum atomic E-state index is 12.0. The number of hydrogen-bond donors (Lipinski definition) is 2. The van der Waals surface area contributed by atoms with Crippen molar-refractivity contribution in [1.29, 1.82) is 0 Å². The summed E-state index contributed by atoms with van der Waals surface area (Å²) in [5, 5.41) is 0. The van der Waals surface area contributed by atoms with Crippen molar-refractivity contribution in [2.24, 2.45) is 0 Å². The number of amides is 4. The summed E-state index contributed by atoms with van der Waals surface area (Å²) in [5.74, 6) is -5.93. The van der Waals surface area contributed by atoms with Crippen molar-refractivity contribution in [2.45, 2.75) is 39.8 Å². The van der Waals surface area contributed by atoms with Gasteiger partial charge in [-0.1, -0.05) is 0 Å². The van der Waals surface area contributed by atoms with Gasteiger partial charge in [0.15, 0.2) is 12.1 Å². The van der Waals surface area contributed by atoms with Crippen LogP contribution in [0.1, 0.15) is 27.7 Å². The molecule has 2 atom stereocenters. The molecule has 0 spiro atoms. The van der Waals surface area contributed by atoms with Gasteiger partial charge in [-0.25, -0.2) is 19.4 Å². The van der Waals surface area contributed by atoms with E-state index in [1.807, 2.05) is 0 Å². The van der Waals surface area contributed by atoms with Crippen LogP contribution in [0, 0.1) is 0 Å². The van der Waals surface area contributed by atoms with E-state index in [-0.39, 0.29) is 11.5 Å². The van der Waals surface area contributed by atoms with E-state index in [9.17, 15) is 28.8 Å². The summed E-state index contributed by atoms with van der Waals surface area (Å²) in [4.78, 5) is 79.9. The van der Waals surface area contributed by atoms with E-state index in [0.717, 1.165) is 27.7 Å². The average molecular weight is 408 g/mol. The predicted molar refractivity (Wildman–Crippen MR) is 93.9 cm³/mol. The normalized spacial score (nSPS) is 12.4. The van der Waals surface area contributed by atoms with Crippen LogP contribution in [-0.2, 0) is 38.5 Å². The minimum atomic E-state index is -1.42. The third-order valence-electron chi connectivity index (χ3n) is 3.08. The summed E-state index contributed by atoms with van der Waals surface area (Å²) in [6, 6.07) is -2.85. The molecule has 0 unspecified atom stereocenters. The Hall–Kier alpha value is -2.08. The molecule has 146 valence electrons. The Labute approximate surface area is 160 Å². The predicted octanol–water partition coefficient (Wildman–Crippen LogP) is -0.625. The largest absolute Gasteiger partial charge is 0.379 e. The molecule has 0 aromatic rings. The van der Waals surface area contributed by atoms with Crippen molar-refractivity contribution in [3.63, 3.8) is 0 Å². The van der Waals surface area contributed by atoms with Gasteiger partial charge in [0, 0.05) is 39.2 Å². The molecule has 0 aromatic carbocycles. The highest BCUT2D eigenvalue weighted by molar-refractivity contribution is 7.80. The average Bonchev–Trinajstić information content (AvgIpc) is 2.52. The van der Waals surface area contributed by atoms with Crippen LogP contribution in [0.15, 0.2) is 0 Å². The van der Waals surface area contributed by atoms with Crippen molar-refractivity contribution in [2.75, 3.05) is 11.5 Å². The van der Waals surface area contributed by atoms with Crippen LogP contribution >= 0.6 is 25.3 Å². The monoisotopic (exact) mass is 408 g/mol. The summed E-state index contributed by atoms with van der Waals surface area (Å²) in [7, 11) is 0. The Morgan fingerprint density at radius 3 is 1.04 bits per heavy atom. The Morgan fingerprint density at radius 1 is 0.654 bits per heavy atom. The fraction of sp³-hybridized carbons (Fsp3) is 0.571. The molecular formula is C14H20N2O8S2. The van der Waals surface area contributed by atoms with E-state index < -0.39 is 47.7 Å². The zero-order valence-electron chi connectivity index (χ0n) is 14.6. The van der Waals surface area contributed by atoms with E-state index in [1.165, 1.54) is 0 Å². The number of carbonyl (C=O) groups excluding carboxylic acids is 6. The van der Waals surface area contributed by atoms with E-state index in [4.69, 9.17) is 0 Å². The number of carbonyl (C=O) groups is 6. The van der Waals surface area contributed by atoms with Crippen molar-refractivity contribution in [3.8, 4) is 0 Å². The molecule has 0 saturated carbocycles. The quantitative estimate of drug-likeness (QED) is 0.338. The first kappa shape index (κ1) is 23.9. The number of thiol groups is 2. The van der Waals surface area contributed by atoms with Gasteiger partial charge >= 0.3 is 11.9 Å². The molecule has 0 radical (unpaired) electrons. The van der Waals surface area contributed by atoms with E-state index in [1.54, 1.807) is 0 Å². The molecule has 26 heavy (non-hydrogen) atoms. The summed E-state index contributed by atoms with van der Waals surface area (Å²) < 4.78 is 0. The number of hydrogen-bond acceptors (Lipinski definition) is 10. The minimum absolute atomic E-state index is 0.279. The maximum Gasteiger partial charge on any atom is 0.379 e. The molecule has 0 fully saturated rings. The molecule has 12 heteroatoms.